The fraction of sp³-hybridized carbons (Fsp3) is 0.0476. The van der Waals surface area contributed by atoms with Gasteiger partial charge in [-0.2, -0.15) is 0 Å². The molecular weight excluding hydrogens is 344 g/mol. The molecular formula is C21H16N2O2S. The van der Waals surface area contributed by atoms with Gasteiger partial charge in [-0.1, -0.05) is 48.5 Å². The molecule has 26 heavy (non-hydrogen) atoms. The van der Waals surface area contributed by atoms with E-state index >= 15 is 0 Å². The van der Waals surface area contributed by atoms with E-state index in [0.29, 0.717) is 4.91 Å². The summed E-state index contributed by atoms with van der Waals surface area (Å²) in [6.45, 7) is 2.02. The first-order valence-corrected chi connectivity index (χ1v) is 9.03. The van der Waals surface area contributed by atoms with Gasteiger partial charge in [-0.05, 0) is 54.1 Å². The number of nitrogens with zero attached hydrogens (tertiary/aromatic N) is 1. The number of carbonyl (C=O) groups excluding carboxylic acids is 2. The van der Waals surface area contributed by atoms with Crippen molar-refractivity contribution in [2.45, 2.75) is 6.92 Å². The minimum absolute atomic E-state index is 0.329. The molecule has 1 aliphatic heterocycles. The largest absolute Gasteiger partial charge is 0.313 e. The van der Waals surface area contributed by atoms with Crippen LogP contribution in [0.25, 0.3) is 23.0 Å². The molecule has 3 aromatic rings. The van der Waals surface area contributed by atoms with E-state index in [2.05, 4.69) is 40.2 Å². The summed E-state index contributed by atoms with van der Waals surface area (Å²) in [5.74, 6) is -0.340. The Labute approximate surface area is 155 Å². The maximum absolute atomic E-state index is 11.9. The number of hydrogen-bond donors (Lipinski definition) is 1. The van der Waals surface area contributed by atoms with Crippen LogP contribution >= 0.6 is 11.8 Å². The average Bonchev–Trinajstić information content (AvgIpc) is 3.15. The van der Waals surface area contributed by atoms with E-state index in [0.717, 1.165) is 40.0 Å². The molecule has 1 aromatic heterocycles. The molecule has 1 aliphatic rings. The summed E-state index contributed by atoms with van der Waals surface area (Å²) in [4.78, 5) is 23.8. The molecule has 0 bridgehead atoms. The van der Waals surface area contributed by atoms with Gasteiger partial charge in [0.1, 0.15) is 0 Å². The number of aromatic nitrogens is 1. The summed E-state index contributed by atoms with van der Waals surface area (Å²) in [5, 5.41) is 1.97. The molecule has 0 atom stereocenters. The zero-order chi connectivity index (χ0) is 18.1. The highest BCUT2D eigenvalue weighted by molar-refractivity contribution is 8.18. The highest BCUT2D eigenvalue weighted by Gasteiger charge is 2.26. The summed E-state index contributed by atoms with van der Waals surface area (Å²) in [6.07, 6.45) is 1.78. The van der Waals surface area contributed by atoms with E-state index in [-0.39, 0.29) is 11.1 Å². The topological polar surface area (TPSA) is 51.1 Å². The third-order valence-electron chi connectivity index (χ3n) is 4.30. The van der Waals surface area contributed by atoms with E-state index < -0.39 is 0 Å². The summed E-state index contributed by atoms with van der Waals surface area (Å²) in [6, 6.07) is 22.3. The van der Waals surface area contributed by atoms with Crippen LogP contribution in [0.15, 0.2) is 71.6 Å². The Morgan fingerprint density at radius 1 is 0.962 bits per heavy atom. The molecule has 2 amide bonds. The molecule has 1 N–H and O–H groups in total. The molecule has 0 unspecified atom stereocenters. The first-order valence-electron chi connectivity index (χ1n) is 8.21. The average molecular weight is 360 g/mol. The molecule has 2 aromatic carbocycles. The van der Waals surface area contributed by atoms with Gasteiger partial charge in [0.05, 0.1) is 10.6 Å². The van der Waals surface area contributed by atoms with E-state index in [9.17, 15) is 9.59 Å². The smallest absolute Gasteiger partial charge is 0.290 e. The monoisotopic (exact) mass is 360 g/mol. The van der Waals surface area contributed by atoms with Crippen LogP contribution < -0.4 is 5.32 Å². The minimum Gasteiger partial charge on any atom is -0.313 e. The van der Waals surface area contributed by atoms with Gasteiger partial charge in [-0.3, -0.25) is 14.9 Å². The van der Waals surface area contributed by atoms with Gasteiger partial charge < -0.3 is 4.57 Å². The highest BCUT2D eigenvalue weighted by atomic mass is 32.2. The molecule has 4 rings (SSSR count). The van der Waals surface area contributed by atoms with Crippen LogP contribution in [0.5, 0.6) is 0 Å². The van der Waals surface area contributed by atoms with Crippen molar-refractivity contribution in [1.29, 1.82) is 0 Å². The van der Waals surface area contributed by atoms with Crippen molar-refractivity contribution < 1.29 is 9.59 Å². The zero-order valence-electron chi connectivity index (χ0n) is 14.1. The van der Waals surface area contributed by atoms with Gasteiger partial charge in [0.25, 0.3) is 11.1 Å². The van der Waals surface area contributed by atoms with Gasteiger partial charge in [0.15, 0.2) is 0 Å². The molecule has 1 saturated heterocycles. The first kappa shape index (κ1) is 16.4. The van der Waals surface area contributed by atoms with E-state index in [1.165, 1.54) is 0 Å². The standard InChI is InChI=1S/C21H16N2O2S/c1-14-16(13-19-20(24)22-21(25)26-19)12-18(15-8-4-2-5-9-15)23(14)17-10-6-3-7-11-17/h2-13H,1H3,(H,22,24,25)/b19-13-. The number of imide groups is 1. The van der Waals surface area contributed by atoms with Crippen LogP contribution in [0.1, 0.15) is 11.3 Å². The molecule has 1 fully saturated rings. The van der Waals surface area contributed by atoms with Gasteiger partial charge in [0.2, 0.25) is 0 Å². The van der Waals surface area contributed by atoms with Crippen molar-refractivity contribution in [2.24, 2.45) is 0 Å². The second-order valence-corrected chi connectivity index (χ2v) is 6.97. The molecule has 4 nitrogen and oxygen atoms in total. The Morgan fingerprint density at radius 3 is 2.23 bits per heavy atom. The fourth-order valence-electron chi connectivity index (χ4n) is 3.07. The van der Waals surface area contributed by atoms with Crippen LogP contribution in [0.2, 0.25) is 0 Å². The lowest BCUT2D eigenvalue weighted by Gasteiger charge is -2.12. The lowest BCUT2D eigenvalue weighted by atomic mass is 10.1. The number of nitrogens with one attached hydrogen (secondary N) is 1. The SMILES string of the molecule is Cc1c(/C=C2\SC(=O)NC2=O)cc(-c2ccccc2)n1-c1ccccc1. The third kappa shape index (κ3) is 2.97. The predicted molar refractivity (Wildman–Crippen MR) is 105 cm³/mol. The number of amides is 2. The van der Waals surface area contributed by atoms with Gasteiger partial charge in [0, 0.05) is 11.4 Å². The van der Waals surface area contributed by atoms with Crippen molar-refractivity contribution >= 4 is 29.0 Å². The summed E-state index contributed by atoms with van der Waals surface area (Å²) in [7, 11) is 0. The van der Waals surface area contributed by atoms with E-state index in [4.69, 9.17) is 0 Å². The number of carbonyl (C=O) groups is 2. The van der Waals surface area contributed by atoms with Gasteiger partial charge in [-0.25, -0.2) is 0 Å². The highest BCUT2D eigenvalue weighted by Crippen LogP contribution is 2.33. The number of thioether (sulfide) groups is 1. The van der Waals surface area contributed by atoms with Crippen molar-refractivity contribution in [2.75, 3.05) is 0 Å². The van der Waals surface area contributed by atoms with Crippen LogP contribution in [0, 0.1) is 6.92 Å². The summed E-state index contributed by atoms with van der Waals surface area (Å²) in [5.41, 5.74) is 5.10. The molecule has 2 heterocycles. The Morgan fingerprint density at radius 2 is 1.62 bits per heavy atom. The molecule has 0 spiro atoms. The lowest BCUT2D eigenvalue weighted by molar-refractivity contribution is -0.115. The van der Waals surface area contributed by atoms with Crippen LogP contribution in [-0.2, 0) is 4.79 Å². The number of benzene rings is 2. The summed E-state index contributed by atoms with van der Waals surface area (Å²) < 4.78 is 2.17. The quantitative estimate of drug-likeness (QED) is 0.684. The lowest BCUT2D eigenvalue weighted by Crippen LogP contribution is -2.17. The third-order valence-corrected chi connectivity index (χ3v) is 5.11. The Kier molecular flexibility index (Phi) is 4.22. The van der Waals surface area contributed by atoms with E-state index in [1.807, 2.05) is 43.3 Å². The maximum atomic E-state index is 11.9. The second kappa shape index (κ2) is 6.69. The minimum atomic E-state index is -0.340. The van der Waals surface area contributed by atoms with Gasteiger partial charge >= 0.3 is 0 Å². The van der Waals surface area contributed by atoms with Crippen molar-refractivity contribution in [3.05, 3.63) is 82.9 Å². The summed E-state index contributed by atoms with van der Waals surface area (Å²) >= 11 is 0.936. The molecule has 0 radical (unpaired) electrons. The molecule has 0 aliphatic carbocycles. The second-order valence-electron chi connectivity index (χ2n) is 5.96. The maximum Gasteiger partial charge on any atom is 0.290 e. The van der Waals surface area contributed by atoms with Crippen LogP contribution in [0.4, 0.5) is 4.79 Å². The normalized spacial score (nSPS) is 15.5. The van der Waals surface area contributed by atoms with Gasteiger partial charge in [-0.15, -0.1) is 0 Å². The Balaban J connectivity index is 1.90. The zero-order valence-corrected chi connectivity index (χ0v) is 14.9. The van der Waals surface area contributed by atoms with Crippen LogP contribution in [0.3, 0.4) is 0 Å². The first-order chi connectivity index (χ1) is 12.6. The van der Waals surface area contributed by atoms with Crippen molar-refractivity contribution in [1.82, 2.24) is 9.88 Å². The molecule has 128 valence electrons. The Hall–Kier alpha value is -3.05. The number of para-hydroxylation sites is 1. The van der Waals surface area contributed by atoms with Crippen molar-refractivity contribution in [3.8, 4) is 16.9 Å². The number of rotatable bonds is 3. The molecule has 0 saturated carbocycles. The predicted octanol–water partition coefficient (Wildman–Crippen LogP) is 4.78. The Bertz CT molecular complexity index is 1020. The van der Waals surface area contributed by atoms with Crippen molar-refractivity contribution in [3.63, 3.8) is 0 Å². The van der Waals surface area contributed by atoms with E-state index in [1.54, 1.807) is 6.08 Å². The van der Waals surface area contributed by atoms with Crippen LogP contribution in [-0.4, -0.2) is 15.7 Å². The number of hydrogen-bond acceptors (Lipinski definition) is 3. The fourth-order valence-corrected chi connectivity index (χ4v) is 3.74. The molecule has 5 heteroatoms.